The second-order valence-electron chi connectivity index (χ2n) is 4.96. The monoisotopic (exact) mass is 198 g/mol. The highest BCUT2D eigenvalue weighted by atomic mass is 16.1. The van der Waals surface area contributed by atoms with Gasteiger partial charge in [0, 0.05) is 23.0 Å². The van der Waals surface area contributed by atoms with Crippen LogP contribution in [0.25, 0.3) is 0 Å². The maximum atomic E-state index is 11.8. The molecule has 0 aliphatic heterocycles. The van der Waals surface area contributed by atoms with Crippen molar-refractivity contribution < 1.29 is 9.59 Å². The Bertz CT molecular complexity index is 461. The fourth-order valence-electron chi connectivity index (χ4n) is 3.57. The zero-order valence-corrected chi connectivity index (χ0v) is 8.19. The highest BCUT2D eigenvalue weighted by molar-refractivity contribution is 6.22. The molecule has 0 heterocycles. The number of carbonyl (C=O) groups excluding carboxylic acids is 2. The Hall–Kier alpha value is -1.44. The maximum absolute atomic E-state index is 11.8. The number of carbonyl (C=O) groups is 2. The Morgan fingerprint density at radius 1 is 0.933 bits per heavy atom. The van der Waals surface area contributed by atoms with Crippen molar-refractivity contribution in [2.24, 2.45) is 17.3 Å². The molecule has 4 rings (SSSR count). The van der Waals surface area contributed by atoms with E-state index in [9.17, 15) is 9.59 Å². The molecule has 1 fully saturated rings. The van der Waals surface area contributed by atoms with Gasteiger partial charge in [-0.15, -0.1) is 0 Å². The molecule has 1 spiro atoms. The molecule has 0 aromatic rings. The Balaban J connectivity index is 1.95. The molecule has 2 atom stereocenters. The molecule has 4 aliphatic rings. The Morgan fingerprint density at radius 2 is 1.40 bits per heavy atom. The van der Waals surface area contributed by atoms with E-state index in [-0.39, 0.29) is 28.8 Å². The van der Waals surface area contributed by atoms with Crippen molar-refractivity contribution >= 4 is 11.6 Å². The molecule has 0 saturated heterocycles. The zero-order valence-electron chi connectivity index (χ0n) is 8.19. The first-order valence-corrected chi connectivity index (χ1v) is 5.43. The van der Waals surface area contributed by atoms with E-state index in [1.807, 2.05) is 0 Å². The summed E-state index contributed by atoms with van der Waals surface area (Å²) < 4.78 is 0. The van der Waals surface area contributed by atoms with Gasteiger partial charge in [-0.3, -0.25) is 9.59 Å². The largest absolute Gasteiger partial charge is 0.290 e. The van der Waals surface area contributed by atoms with Gasteiger partial charge in [-0.1, -0.05) is 12.2 Å². The fraction of sp³-hybridized carbons (Fsp3) is 0.385. The van der Waals surface area contributed by atoms with Crippen LogP contribution in [0.5, 0.6) is 0 Å². The fourth-order valence-corrected chi connectivity index (χ4v) is 3.57. The van der Waals surface area contributed by atoms with E-state index in [4.69, 9.17) is 0 Å². The topological polar surface area (TPSA) is 34.1 Å². The lowest BCUT2D eigenvalue weighted by Gasteiger charge is -2.14. The van der Waals surface area contributed by atoms with Crippen molar-refractivity contribution in [1.29, 1.82) is 0 Å². The Labute approximate surface area is 87.3 Å². The van der Waals surface area contributed by atoms with E-state index in [1.54, 1.807) is 0 Å². The van der Waals surface area contributed by atoms with Crippen LogP contribution < -0.4 is 0 Å². The van der Waals surface area contributed by atoms with Crippen LogP contribution in [-0.4, -0.2) is 11.6 Å². The molecule has 1 saturated carbocycles. The molecule has 0 aromatic carbocycles. The third-order valence-corrected chi connectivity index (χ3v) is 4.39. The van der Waals surface area contributed by atoms with E-state index in [2.05, 4.69) is 12.2 Å². The minimum absolute atomic E-state index is 0.0627. The third kappa shape index (κ3) is 0.675. The number of ketones is 2. The molecule has 4 aliphatic carbocycles. The van der Waals surface area contributed by atoms with Crippen LogP contribution in [0.3, 0.4) is 0 Å². The van der Waals surface area contributed by atoms with Gasteiger partial charge in [-0.25, -0.2) is 0 Å². The van der Waals surface area contributed by atoms with Gasteiger partial charge in [-0.05, 0) is 30.4 Å². The SMILES string of the molecule is O=C1C=CC(=O)C2=C1C1C=CC2C12CC2. The number of hydrogen-bond donors (Lipinski definition) is 0. The van der Waals surface area contributed by atoms with Crippen LogP contribution in [0.4, 0.5) is 0 Å². The summed E-state index contributed by atoms with van der Waals surface area (Å²) >= 11 is 0. The standard InChI is InChI=1S/C13H10O2/c14-9-3-4-10(15)12-8-2-1-7(11(9)12)13(8)5-6-13/h1-4,7-8H,5-6H2. The van der Waals surface area contributed by atoms with Gasteiger partial charge in [0.05, 0.1) is 0 Å². The molecule has 0 aromatic heterocycles. The molecule has 15 heavy (non-hydrogen) atoms. The molecule has 0 N–H and O–H groups in total. The quantitative estimate of drug-likeness (QED) is 0.437. The van der Waals surface area contributed by atoms with Gasteiger partial charge in [0.25, 0.3) is 0 Å². The summed E-state index contributed by atoms with van der Waals surface area (Å²) in [5, 5.41) is 0. The Morgan fingerprint density at radius 3 is 1.80 bits per heavy atom. The van der Waals surface area contributed by atoms with Gasteiger partial charge in [0.1, 0.15) is 0 Å². The number of rotatable bonds is 0. The van der Waals surface area contributed by atoms with E-state index < -0.39 is 0 Å². The first kappa shape index (κ1) is 7.80. The van der Waals surface area contributed by atoms with Gasteiger partial charge in [0.15, 0.2) is 11.6 Å². The van der Waals surface area contributed by atoms with Crippen LogP contribution in [0.2, 0.25) is 0 Å². The van der Waals surface area contributed by atoms with Gasteiger partial charge < -0.3 is 0 Å². The van der Waals surface area contributed by atoms with Crippen molar-refractivity contribution in [2.45, 2.75) is 12.8 Å². The van der Waals surface area contributed by atoms with Crippen LogP contribution in [0.15, 0.2) is 35.5 Å². The predicted octanol–water partition coefficient (Wildman–Crippen LogP) is 1.59. The van der Waals surface area contributed by atoms with Crippen molar-refractivity contribution in [3.63, 3.8) is 0 Å². The minimum Gasteiger partial charge on any atom is -0.290 e. The lowest BCUT2D eigenvalue weighted by Crippen LogP contribution is -2.17. The number of hydrogen-bond acceptors (Lipinski definition) is 2. The van der Waals surface area contributed by atoms with Gasteiger partial charge >= 0.3 is 0 Å². The zero-order chi connectivity index (χ0) is 10.2. The summed E-state index contributed by atoms with van der Waals surface area (Å²) in [5.41, 5.74) is 1.88. The first-order chi connectivity index (χ1) is 7.24. The average molecular weight is 198 g/mol. The van der Waals surface area contributed by atoms with Crippen molar-refractivity contribution in [3.8, 4) is 0 Å². The minimum atomic E-state index is 0.0627. The Kier molecular flexibility index (Phi) is 1.07. The molecular weight excluding hydrogens is 188 g/mol. The van der Waals surface area contributed by atoms with Crippen molar-refractivity contribution in [2.75, 3.05) is 0 Å². The summed E-state index contributed by atoms with van der Waals surface area (Å²) in [6.45, 7) is 0. The molecule has 2 heteroatoms. The molecule has 2 unspecified atom stereocenters. The highest BCUT2D eigenvalue weighted by Gasteiger charge is 2.64. The second-order valence-corrected chi connectivity index (χ2v) is 4.96. The maximum Gasteiger partial charge on any atom is 0.183 e. The lowest BCUT2D eigenvalue weighted by molar-refractivity contribution is -0.115. The molecule has 2 nitrogen and oxygen atoms in total. The number of allylic oxidation sites excluding steroid dienone is 6. The van der Waals surface area contributed by atoms with Crippen LogP contribution in [0, 0.1) is 17.3 Å². The van der Waals surface area contributed by atoms with Crippen molar-refractivity contribution in [3.05, 3.63) is 35.5 Å². The molecule has 74 valence electrons. The number of fused-ring (bicyclic) bond motifs is 2. The molecule has 0 amide bonds. The summed E-state index contributed by atoms with van der Waals surface area (Å²) in [6, 6.07) is 0. The normalized spacial score (nSPS) is 38.1. The molecule has 0 radical (unpaired) electrons. The van der Waals surface area contributed by atoms with Crippen LogP contribution in [0.1, 0.15) is 12.8 Å². The van der Waals surface area contributed by atoms with Crippen LogP contribution >= 0.6 is 0 Å². The summed E-state index contributed by atoms with van der Waals surface area (Å²) in [4.78, 5) is 23.6. The molecule has 2 bridgehead atoms. The predicted molar refractivity (Wildman–Crippen MR) is 54.0 cm³/mol. The van der Waals surface area contributed by atoms with E-state index >= 15 is 0 Å². The third-order valence-electron chi connectivity index (χ3n) is 4.39. The van der Waals surface area contributed by atoms with Crippen LogP contribution in [-0.2, 0) is 9.59 Å². The van der Waals surface area contributed by atoms with E-state index in [0.29, 0.717) is 0 Å². The first-order valence-electron chi connectivity index (χ1n) is 5.43. The highest BCUT2D eigenvalue weighted by Crippen LogP contribution is 2.70. The van der Waals surface area contributed by atoms with Gasteiger partial charge in [-0.2, -0.15) is 0 Å². The van der Waals surface area contributed by atoms with Crippen molar-refractivity contribution in [1.82, 2.24) is 0 Å². The average Bonchev–Trinajstić information content (AvgIpc) is 2.88. The van der Waals surface area contributed by atoms with Gasteiger partial charge in [0.2, 0.25) is 0 Å². The molecular formula is C13H10O2. The van der Waals surface area contributed by atoms with E-state index in [1.165, 1.54) is 25.0 Å². The summed E-state index contributed by atoms with van der Waals surface area (Å²) in [7, 11) is 0. The summed E-state index contributed by atoms with van der Waals surface area (Å²) in [6.07, 6.45) is 9.49. The summed E-state index contributed by atoms with van der Waals surface area (Å²) in [5.74, 6) is 0.623. The second kappa shape index (κ2) is 2.06. The van der Waals surface area contributed by atoms with E-state index in [0.717, 1.165) is 11.1 Å². The smallest absolute Gasteiger partial charge is 0.183 e. The lowest BCUT2D eigenvalue weighted by atomic mass is 9.87.